The van der Waals surface area contributed by atoms with Crippen molar-refractivity contribution < 1.29 is 0 Å². The quantitative estimate of drug-likeness (QED) is 0.500. The van der Waals surface area contributed by atoms with Gasteiger partial charge in [-0.3, -0.25) is 0 Å². The number of nitrogens with zero attached hydrogens (tertiary/aromatic N) is 1. The van der Waals surface area contributed by atoms with Gasteiger partial charge in [-0.2, -0.15) is 5.26 Å². The van der Waals surface area contributed by atoms with E-state index in [9.17, 15) is 0 Å². The van der Waals surface area contributed by atoms with E-state index in [0.717, 1.165) is 5.56 Å². The summed E-state index contributed by atoms with van der Waals surface area (Å²) in [5.74, 6) is 5.85. The van der Waals surface area contributed by atoms with Crippen molar-refractivity contribution in [2.45, 2.75) is 0 Å². The largest absolute Gasteiger partial charge is 0.398 e. The molecule has 1 aromatic rings. The molecule has 0 aliphatic heterocycles. The van der Waals surface area contributed by atoms with Crippen LogP contribution >= 0.6 is 0 Å². The standard InChI is InChI=1S/C11H11N3/c1-14-6-2-3-9-4-5-10(8-12)11(13)7-9/h4-5,7,14H,6,13H2,1H3. The summed E-state index contributed by atoms with van der Waals surface area (Å²) in [6.45, 7) is 0.639. The van der Waals surface area contributed by atoms with Crippen LogP contribution < -0.4 is 11.1 Å². The molecule has 0 aliphatic rings. The van der Waals surface area contributed by atoms with Crippen LogP contribution in [0.5, 0.6) is 0 Å². The highest BCUT2D eigenvalue weighted by Gasteiger charge is 1.96. The van der Waals surface area contributed by atoms with Crippen molar-refractivity contribution in [3.63, 3.8) is 0 Å². The zero-order valence-electron chi connectivity index (χ0n) is 7.96. The Morgan fingerprint density at radius 1 is 1.50 bits per heavy atom. The van der Waals surface area contributed by atoms with Crippen LogP contribution in [0, 0.1) is 23.2 Å². The first kappa shape index (κ1) is 10.1. The monoisotopic (exact) mass is 185 g/mol. The van der Waals surface area contributed by atoms with Gasteiger partial charge in [-0.05, 0) is 25.2 Å². The number of hydrogen-bond donors (Lipinski definition) is 2. The minimum atomic E-state index is 0.476. The number of benzene rings is 1. The van der Waals surface area contributed by atoms with Gasteiger partial charge in [0.15, 0.2) is 0 Å². The summed E-state index contributed by atoms with van der Waals surface area (Å²) >= 11 is 0. The van der Waals surface area contributed by atoms with Gasteiger partial charge in [0.05, 0.1) is 17.8 Å². The summed E-state index contributed by atoms with van der Waals surface area (Å²) in [5.41, 5.74) is 7.43. The third kappa shape index (κ3) is 2.52. The molecule has 0 spiro atoms. The van der Waals surface area contributed by atoms with Crippen molar-refractivity contribution in [3.05, 3.63) is 29.3 Å². The Bertz CT molecular complexity index is 418. The van der Waals surface area contributed by atoms with Crippen LogP contribution in [-0.4, -0.2) is 13.6 Å². The van der Waals surface area contributed by atoms with Crippen molar-refractivity contribution in [2.75, 3.05) is 19.3 Å². The molecule has 3 heteroatoms. The van der Waals surface area contributed by atoms with Crippen LogP contribution in [0.3, 0.4) is 0 Å². The number of nitrogen functional groups attached to an aromatic ring is 1. The van der Waals surface area contributed by atoms with Gasteiger partial charge >= 0.3 is 0 Å². The Hall–Kier alpha value is -1.97. The summed E-state index contributed by atoms with van der Waals surface area (Å²) in [6, 6.07) is 7.18. The normalized spacial score (nSPS) is 8.57. The highest BCUT2D eigenvalue weighted by molar-refractivity contribution is 5.58. The van der Waals surface area contributed by atoms with Crippen LogP contribution in [-0.2, 0) is 0 Å². The Labute approximate surface area is 83.5 Å². The zero-order chi connectivity index (χ0) is 10.4. The van der Waals surface area contributed by atoms with Crippen molar-refractivity contribution in [2.24, 2.45) is 0 Å². The summed E-state index contributed by atoms with van der Waals surface area (Å²) < 4.78 is 0. The molecule has 0 aromatic heterocycles. The Morgan fingerprint density at radius 3 is 2.86 bits per heavy atom. The third-order valence-electron chi connectivity index (χ3n) is 1.67. The van der Waals surface area contributed by atoms with Crippen LogP contribution in [0.4, 0.5) is 5.69 Å². The van der Waals surface area contributed by atoms with Gasteiger partial charge < -0.3 is 11.1 Å². The highest BCUT2D eigenvalue weighted by Crippen LogP contribution is 2.11. The molecule has 0 fully saturated rings. The molecule has 0 heterocycles. The summed E-state index contributed by atoms with van der Waals surface area (Å²) in [7, 11) is 1.84. The molecule has 0 amide bonds. The molecule has 0 aliphatic carbocycles. The molecule has 3 N–H and O–H groups in total. The topological polar surface area (TPSA) is 61.8 Å². The average Bonchev–Trinajstić information content (AvgIpc) is 2.18. The molecule has 0 saturated heterocycles. The molecule has 0 radical (unpaired) electrons. The average molecular weight is 185 g/mol. The van der Waals surface area contributed by atoms with E-state index < -0.39 is 0 Å². The van der Waals surface area contributed by atoms with E-state index in [4.69, 9.17) is 11.0 Å². The van der Waals surface area contributed by atoms with E-state index in [1.807, 2.05) is 13.1 Å². The second-order valence-electron chi connectivity index (χ2n) is 2.75. The van der Waals surface area contributed by atoms with E-state index in [1.54, 1.807) is 18.2 Å². The fourth-order valence-electron chi connectivity index (χ4n) is 0.977. The second-order valence-corrected chi connectivity index (χ2v) is 2.75. The first-order valence-electron chi connectivity index (χ1n) is 4.21. The predicted molar refractivity (Wildman–Crippen MR) is 56.4 cm³/mol. The summed E-state index contributed by atoms with van der Waals surface area (Å²) in [6.07, 6.45) is 0. The van der Waals surface area contributed by atoms with Crippen LogP contribution in [0.25, 0.3) is 0 Å². The predicted octanol–water partition coefficient (Wildman–Crippen LogP) is 0.711. The van der Waals surface area contributed by atoms with E-state index in [1.165, 1.54) is 0 Å². The lowest BCUT2D eigenvalue weighted by Crippen LogP contribution is -2.04. The second kappa shape index (κ2) is 4.91. The minimum Gasteiger partial charge on any atom is -0.398 e. The number of hydrogen-bond acceptors (Lipinski definition) is 3. The fourth-order valence-corrected chi connectivity index (χ4v) is 0.977. The molecule has 3 nitrogen and oxygen atoms in total. The summed E-state index contributed by atoms with van der Waals surface area (Å²) in [5, 5.41) is 11.6. The van der Waals surface area contributed by atoms with Gasteiger partial charge in [-0.15, -0.1) is 0 Å². The van der Waals surface area contributed by atoms with E-state index >= 15 is 0 Å². The first-order chi connectivity index (χ1) is 6.77. The number of nitrogens with one attached hydrogen (secondary N) is 1. The Kier molecular flexibility index (Phi) is 3.55. The molecule has 0 saturated carbocycles. The molecule has 0 unspecified atom stereocenters. The van der Waals surface area contributed by atoms with E-state index in [0.29, 0.717) is 17.8 Å². The van der Waals surface area contributed by atoms with Gasteiger partial charge in [-0.25, -0.2) is 0 Å². The minimum absolute atomic E-state index is 0.476. The third-order valence-corrected chi connectivity index (χ3v) is 1.67. The Morgan fingerprint density at radius 2 is 2.29 bits per heavy atom. The van der Waals surface area contributed by atoms with Crippen molar-refractivity contribution >= 4 is 5.69 Å². The number of anilines is 1. The van der Waals surface area contributed by atoms with E-state index in [2.05, 4.69) is 17.2 Å². The van der Waals surface area contributed by atoms with Crippen LogP contribution in [0.2, 0.25) is 0 Å². The number of nitriles is 1. The van der Waals surface area contributed by atoms with Crippen molar-refractivity contribution in [1.82, 2.24) is 5.32 Å². The molecule has 14 heavy (non-hydrogen) atoms. The summed E-state index contributed by atoms with van der Waals surface area (Å²) in [4.78, 5) is 0. The van der Waals surface area contributed by atoms with Gasteiger partial charge in [0.1, 0.15) is 6.07 Å². The molecule has 0 atom stereocenters. The molecular formula is C11H11N3. The smallest absolute Gasteiger partial charge is 0.101 e. The maximum atomic E-state index is 8.65. The number of nitrogens with two attached hydrogens (primary N) is 1. The molecule has 70 valence electrons. The van der Waals surface area contributed by atoms with Gasteiger partial charge in [-0.1, -0.05) is 11.8 Å². The molecule has 1 aromatic carbocycles. The van der Waals surface area contributed by atoms with Crippen LogP contribution in [0.1, 0.15) is 11.1 Å². The first-order valence-corrected chi connectivity index (χ1v) is 4.21. The van der Waals surface area contributed by atoms with Gasteiger partial charge in [0.25, 0.3) is 0 Å². The maximum Gasteiger partial charge on any atom is 0.101 e. The van der Waals surface area contributed by atoms with Crippen molar-refractivity contribution in [3.8, 4) is 17.9 Å². The Balaban J connectivity index is 2.89. The lowest BCUT2D eigenvalue weighted by atomic mass is 10.1. The maximum absolute atomic E-state index is 8.65. The van der Waals surface area contributed by atoms with Crippen LogP contribution in [0.15, 0.2) is 18.2 Å². The van der Waals surface area contributed by atoms with Gasteiger partial charge in [0, 0.05) is 5.56 Å². The lowest BCUT2D eigenvalue weighted by molar-refractivity contribution is 0.938. The van der Waals surface area contributed by atoms with E-state index in [-0.39, 0.29) is 0 Å². The SMILES string of the molecule is CNCC#Cc1ccc(C#N)c(N)c1. The zero-order valence-corrected chi connectivity index (χ0v) is 7.96. The number of rotatable bonds is 1. The fraction of sp³-hybridized carbons (Fsp3) is 0.182. The highest BCUT2D eigenvalue weighted by atomic mass is 14.8. The molecule has 0 bridgehead atoms. The van der Waals surface area contributed by atoms with Crippen molar-refractivity contribution in [1.29, 1.82) is 5.26 Å². The lowest BCUT2D eigenvalue weighted by Gasteiger charge is -1.96. The van der Waals surface area contributed by atoms with Gasteiger partial charge in [0.2, 0.25) is 0 Å². The molecular weight excluding hydrogens is 174 g/mol. The molecule has 1 rings (SSSR count).